The van der Waals surface area contributed by atoms with Crippen LogP contribution in [0, 0.1) is 0 Å². The molecule has 0 radical (unpaired) electrons. The van der Waals surface area contributed by atoms with E-state index in [-0.39, 0.29) is 5.54 Å². The number of hydrogen-bond acceptors (Lipinski definition) is 3. The highest BCUT2D eigenvalue weighted by Crippen LogP contribution is 2.31. The van der Waals surface area contributed by atoms with Crippen LogP contribution in [0.25, 0.3) is 0 Å². The van der Waals surface area contributed by atoms with Crippen LogP contribution in [-0.4, -0.2) is 11.9 Å². The molecule has 0 saturated heterocycles. The summed E-state index contributed by atoms with van der Waals surface area (Å²) in [6.07, 6.45) is 12.3. The van der Waals surface area contributed by atoms with E-state index >= 15 is 0 Å². The predicted molar refractivity (Wildman–Crippen MR) is 78.9 cm³/mol. The van der Waals surface area contributed by atoms with Crippen LogP contribution in [0.15, 0.2) is 47.5 Å². The molecule has 1 heterocycles. The summed E-state index contributed by atoms with van der Waals surface area (Å²) in [6.45, 7) is 2.81. The van der Waals surface area contributed by atoms with Crippen molar-refractivity contribution in [1.82, 2.24) is 0 Å². The van der Waals surface area contributed by atoms with Gasteiger partial charge in [-0.1, -0.05) is 31.2 Å². The third kappa shape index (κ3) is 2.41. The molecule has 0 amide bonds. The highest BCUT2D eigenvalue weighted by molar-refractivity contribution is 5.65. The van der Waals surface area contributed by atoms with Crippen molar-refractivity contribution in [3.05, 3.63) is 48.1 Å². The number of benzene rings is 1. The van der Waals surface area contributed by atoms with Gasteiger partial charge in [-0.2, -0.15) is 0 Å². The van der Waals surface area contributed by atoms with Crippen molar-refractivity contribution in [1.29, 1.82) is 0 Å². The lowest BCUT2D eigenvalue weighted by Gasteiger charge is -2.33. The fourth-order valence-corrected chi connectivity index (χ4v) is 2.52. The molecular weight excluding hydrogens is 236 g/mol. The van der Waals surface area contributed by atoms with E-state index in [1.807, 2.05) is 6.07 Å². The number of anilines is 1. The van der Waals surface area contributed by atoms with E-state index in [1.165, 1.54) is 6.40 Å². The monoisotopic (exact) mass is 254 g/mol. The average Bonchev–Trinajstić information content (AvgIpc) is 2.48. The Balaban J connectivity index is 1.85. The first-order valence-corrected chi connectivity index (χ1v) is 6.71. The van der Waals surface area contributed by atoms with E-state index in [2.05, 4.69) is 53.7 Å². The lowest BCUT2D eigenvalue weighted by atomic mass is 9.88. The molecule has 2 aliphatic rings. The molecule has 0 fully saturated rings. The number of aliphatic imine (C=N–C) groups is 1. The maximum Gasteiger partial charge on any atom is 0.175 e. The zero-order chi connectivity index (χ0) is 13.1. The Labute approximate surface area is 113 Å². The maximum atomic E-state index is 5.25. The molecule has 0 bridgehead atoms. The Kier molecular flexibility index (Phi) is 3.11. The summed E-state index contributed by atoms with van der Waals surface area (Å²) in [4.78, 5) is 4.22. The number of fused-ring (bicyclic) bond motifs is 1. The first-order chi connectivity index (χ1) is 9.31. The van der Waals surface area contributed by atoms with Crippen molar-refractivity contribution in [2.45, 2.75) is 31.9 Å². The first kappa shape index (κ1) is 12.0. The molecule has 1 atom stereocenters. The zero-order valence-electron chi connectivity index (χ0n) is 11.1. The van der Waals surface area contributed by atoms with Crippen LogP contribution in [0.4, 0.5) is 11.4 Å². The first-order valence-electron chi connectivity index (χ1n) is 6.71. The number of hydrogen-bond donors (Lipinski definition) is 1. The van der Waals surface area contributed by atoms with Gasteiger partial charge in [0, 0.05) is 11.3 Å². The minimum Gasteiger partial charge on any atom is -0.478 e. The Bertz CT molecular complexity index is 560. The van der Waals surface area contributed by atoms with Crippen LogP contribution in [0.2, 0.25) is 0 Å². The van der Waals surface area contributed by atoms with Gasteiger partial charge in [-0.25, -0.2) is 4.99 Å². The van der Waals surface area contributed by atoms with Crippen molar-refractivity contribution in [3.63, 3.8) is 0 Å². The molecule has 0 spiro atoms. The largest absolute Gasteiger partial charge is 0.478 e. The summed E-state index contributed by atoms with van der Waals surface area (Å²) in [7, 11) is 0. The molecule has 0 unspecified atom stereocenters. The number of nitrogens with one attached hydrogen (secondary N) is 1. The maximum absolute atomic E-state index is 5.25. The summed E-state index contributed by atoms with van der Waals surface area (Å²) in [5.74, 6) is 0. The predicted octanol–water partition coefficient (Wildman–Crippen LogP) is 3.95. The molecule has 98 valence electrons. The van der Waals surface area contributed by atoms with Crippen molar-refractivity contribution >= 4 is 17.8 Å². The highest BCUT2D eigenvalue weighted by Gasteiger charge is 2.24. The molecular formula is C16H18N2O. The van der Waals surface area contributed by atoms with Crippen molar-refractivity contribution in [2.75, 3.05) is 5.32 Å². The van der Waals surface area contributed by atoms with Crippen LogP contribution < -0.4 is 5.32 Å². The van der Waals surface area contributed by atoms with E-state index in [4.69, 9.17) is 4.74 Å². The van der Waals surface area contributed by atoms with Gasteiger partial charge in [0.2, 0.25) is 0 Å². The molecule has 3 nitrogen and oxygen atoms in total. The SMILES string of the molecule is CC[C@]1(Nc2ccc3c(c2)COC=N3)C=CC=CC1. The molecule has 3 heteroatoms. The molecule has 1 aromatic rings. The Morgan fingerprint density at radius 1 is 1.37 bits per heavy atom. The van der Waals surface area contributed by atoms with Crippen LogP contribution in [0.1, 0.15) is 25.3 Å². The molecule has 1 N–H and O–H groups in total. The fourth-order valence-electron chi connectivity index (χ4n) is 2.52. The summed E-state index contributed by atoms with van der Waals surface area (Å²) in [5, 5.41) is 3.65. The van der Waals surface area contributed by atoms with Gasteiger partial charge in [0.1, 0.15) is 6.61 Å². The second-order valence-electron chi connectivity index (χ2n) is 5.02. The van der Waals surface area contributed by atoms with E-state index in [0.29, 0.717) is 6.61 Å². The number of ether oxygens (including phenoxy) is 1. The van der Waals surface area contributed by atoms with Gasteiger partial charge in [0.15, 0.2) is 6.40 Å². The zero-order valence-corrected chi connectivity index (χ0v) is 11.1. The second kappa shape index (κ2) is 4.92. The second-order valence-corrected chi connectivity index (χ2v) is 5.02. The van der Waals surface area contributed by atoms with E-state index in [9.17, 15) is 0 Å². The fraction of sp³-hybridized carbons (Fsp3) is 0.312. The third-order valence-corrected chi connectivity index (χ3v) is 3.75. The standard InChI is InChI=1S/C16H18N2O/c1-2-16(8-4-3-5-9-16)18-14-6-7-15-13(10-14)11-19-12-17-15/h3-8,10,12,18H,2,9,11H2,1H3/t16-/m0/s1. The molecule has 1 aliphatic carbocycles. The number of allylic oxidation sites excluding steroid dienone is 2. The highest BCUT2D eigenvalue weighted by atomic mass is 16.5. The van der Waals surface area contributed by atoms with Crippen molar-refractivity contribution in [3.8, 4) is 0 Å². The van der Waals surface area contributed by atoms with Crippen LogP contribution >= 0.6 is 0 Å². The van der Waals surface area contributed by atoms with Gasteiger partial charge >= 0.3 is 0 Å². The van der Waals surface area contributed by atoms with Crippen LogP contribution in [-0.2, 0) is 11.3 Å². The summed E-state index contributed by atoms with van der Waals surface area (Å²) >= 11 is 0. The van der Waals surface area contributed by atoms with Crippen LogP contribution in [0.5, 0.6) is 0 Å². The summed E-state index contributed by atoms with van der Waals surface area (Å²) in [6, 6.07) is 6.27. The molecule has 1 aromatic carbocycles. The number of nitrogens with zero attached hydrogens (tertiary/aromatic N) is 1. The Morgan fingerprint density at radius 2 is 2.32 bits per heavy atom. The summed E-state index contributed by atoms with van der Waals surface area (Å²) < 4.78 is 5.25. The van der Waals surface area contributed by atoms with E-state index < -0.39 is 0 Å². The van der Waals surface area contributed by atoms with Gasteiger partial charge in [-0.05, 0) is 31.0 Å². The molecule has 0 aromatic heterocycles. The lowest BCUT2D eigenvalue weighted by Crippen LogP contribution is -2.35. The molecule has 19 heavy (non-hydrogen) atoms. The van der Waals surface area contributed by atoms with Gasteiger partial charge in [-0.15, -0.1) is 0 Å². The minimum absolute atomic E-state index is 0.0295. The van der Waals surface area contributed by atoms with E-state index in [0.717, 1.165) is 29.8 Å². The smallest absolute Gasteiger partial charge is 0.175 e. The van der Waals surface area contributed by atoms with Gasteiger partial charge in [0.05, 0.1) is 11.2 Å². The number of rotatable bonds is 3. The van der Waals surface area contributed by atoms with Crippen molar-refractivity contribution in [2.24, 2.45) is 4.99 Å². The average molecular weight is 254 g/mol. The van der Waals surface area contributed by atoms with Gasteiger partial charge < -0.3 is 10.1 Å². The normalized spacial score (nSPS) is 23.8. The van der Waals surface area contributed by atoms with Crippen LogP contribution in [0.3, 0.4) is 0 Å². The Morgan fingerprint density at radius 3 is 3.11 bits per heavy atom. The Hall–Kier alpha value is -2.03. The quantitative estimate of drug-likeness (QED) is 0.886. The third-order valence-electron chi connectivity index (χ3n) is 3.75. The molecule has 0 saturated carbocycles. The summed E-state index contributed by atoms with van der Waals surface area (Å²) in [5.41, 5.74) is 3.29. The van der Waals surface area contributed by atoms with Gasteiger partial charge in [-0.3, -0.25) is 0 Å². The molecule has 3 rings (SSSR count). The van der Waals surface area contributed by atoms with Gasteiger partial charge in [0.25, 0.3) is 0 Å². The topological polar surface area (TPSA) is 33.6 Å². The molecule has 1 aliphatic heterocycles. The minimum atomic E-state index is 0.0295. The van der Waals surface area contributed by atoms with Crippen molar-refractivity contribution < 1.29 is 4.74 Å². The van der Waals surface area contributed by atoms with E-state index in [1.54, 1.807) is 0 Å². The lowest BCUT2D eigenvalue weighted by molar-refractivity contribution is 0.303.